The average molecular weight is 324 g/mol. The van der Waals surface area contributed by atoms with Gasteiger partial charge in [-0.1, -0.05) is 11.6 Å². The molecule has 2 aromatic rings. The van der Waals surface area contributed by atoms with E-state index in [1.807, 2.05) is 22.6 Å². The van der Waals surface area contributed by atoms with Gasteiger partial charge >= 0.3 is 0 Å². The molecule has 1 heterocycles. The van der Waals surface area contributed by atoms with Crippen LogP contribution in [0, 0.1) is 9.52 Å². The number of hydrogen-bond donors (Lipinski definition) is 1. The largest absolute Gasteiger partial charge is 0.275 e. The van der Waals surface area contributed by atoms with E-state index in [0.717, 1.165) is 6.07 Å². The van der Waals surface area contributed by atoms with Crippen LogP contribution in [0.15, 0.2) is 16.9 Å². The predicted molar refractivity (Wildman–Crippen MR) is 60.0 cm³/mol. The van der Waals surface area contributed by atoms with E-state index < -0.39 is 11.4 Å². The second-order valence-corrected chi connectivity index (χ2v) is 4.11. The fraction of sp³-hybridized carbons (Fsp3) is 0. The van der Waals surface area contributed by atoms with E-state index in [9.17, 15) is 9.18 Å². The number of benzene rings is 1. The molecule has 14 heavy (non-hydrogen) atoms. The Morgan fingerprint density at radius 2 is 2.21 bits per heavy atom. The Hall–Kier alpha value is -0.690. The summed E-state index contributed by atoms with van der Waals surface area (Å²) in [6, 6.07) is 2.62. The molecule has 72 valence electrons. The van der Waals surface area contributed by atoms with Gasteiger partial charge in [-0.3, -0.25) is 4.79 Å². The first-order valence-electron chi connectivity index (χ1n) is 3.62. The minimum Gasteiger partial charge on any atom is -0.267 e. The number of hydrogen-bond acceptors (Lipinski definition) is 2. The van der Waals surface area contributed by atoms with Gasteiger partial charge in [0.25, 0.3) is 5.56 Å². The van der Waals surface area contributed by atoms with Crippen LogP contribution in [0.5, 0.6) is 0 Å². The lowest BCUT2D eigenvalue weighted by molar-refractivity contribution is 0.638. The molecule has 0 aliphatic heterocycles. The molecule has 0 atom stereocenters. The van der Waals surface area contributed by atoms with Gasteiger partial charge in [0.05, 0.1) is 5.39 Å². The number of rotatable bonds is 0. The van der Waals surface area contributed by atoms with Crippen molar-refractivity contribution < 1.29 is 4.39 Å². The molecular formula is C8H3ClFIN2O. The molecule has 3 nitrogen and oxygen atoms in total. The van der Waals surface area contributed by atoms with Gasteiger partial charge < -0.3 is 0 Å². The summed E-state index contributed by atoms with van der Waals surface area (Å²) in [6.45, 7) is 0. The van der Waals surface area contributed by atoms with E-state index in [4.69, 9.17) is 11.6 Å². The van der Waals surface area contributed by atoms with Crippen molar-refractivity contribution in [2.75, 3.05) is 0 Å². The van der Waals surface area contributed by atoms with E-state index in [1.54, 1.807) is 0 Å². The maximum Gasteiger partial charge on any atom is 0.275 e. The quantitative estimate of drug-likeness (QED) is 0.756. The summed E-state index contributed by atoms with van der Waals surface area (Å²) in [5.74, 6) is -0.630. The smallest absolute Gasteiger partial charge is 0.267 e. The summed E-state index contributed by atoms with van der Waals surface area (Å²) in [4.78, 5) is 11.3. The molecule has 1 N–H and O–H groups in total. The highest BCUT2D eigenvalue weighted by atomic mass is 127. The summed E-state index contributed by atoms with van der Waals surface area (Å²) in [7, 11) is 0. The topological polar surface area (TPSA) is 45.8 Å². The zero-order valence-corrected chi connectivity index (χ0v) is 9.56. The van der Waals surface area contributed by atoms with Crippen LogP contribution in [-0.2, 0) is 0 Å². The van der Waals surface area contributed by atoms with E-state index in [0.29, 0.717) is 9.09 Å². The summed E-state index contributed by atoms with van der Waals surface area (Å²) >= 11 is 7.57. The van der Waals surface area contributed by atoms with Crippen molar-refractivity contribution in [3.8, 4) is 0 Å². The van der Waals surface area contributed by atoms with E-state index in [2.05, 4.69) is 10.2 Å². The fourth-order valence-electron chi connectivity index (χ4n) is 1.18. The third kappa shape index (κ3) is 1.50. The van der Waals surface area contributed by atoms with Crippen molar-refractivity contribution >= 4 is 45.0 Å². The number of H-pyrrole nitrogens is 1. The Balaban J connectivity index is 3.08. The molecule has 6 heteroatoms. The third-order valence-electron chi connectivity index (χ3n) is 1.76. The predicted octanol–water partition coefficient (Wildman–Crippen LogP) is 2.32. The number of halogens is 3. The highest BCUT2D eigenvalue weighted by molar-refractivity contribution is 14.1. The van der Waals surface area contributed by atoms with Gasteiger partial charge in [-0.05, 0) is 34.7 Å². The van der Waals surface area contributed by atoms with Gasteiger partial charge in [-0.25, -0.2) is 9.49 Å². The molecule has 0 bridgehead atoms. The maximum atomic E-state index is 13.4. The van der Waals surface area contributed by atoms with Crippen LogP contribution >= 0.6 is 34.2 Å². The van der Waals surface area contributed by atoms with Crippen LogP contribution in [0.3, 0.4) is 0 Å². The van der Waals surface area contributed by atoms with E-state index >= 15 is 0 Å². The van der Waals surface area contributed by atoms with Gasteiger partial charge in [0.15, 0.2) is 0 Å². The Morgan fingerprint density at radius 1 is 1.50 bits per heavy atom. The summed E-state index contributed by atoms with van der Waals surface area (Å²) < 4.78 is 13.9. The number of fused-ring (bicyclic) bond motifs is 1. The normalized spacial score (nSPS) is 10.8. The van der Waals surface area contributed by atoms with Crippen molar-refractivity contribution in [1.29, 1.82) is 0 Å². The molecule has 0 amide bonds. The molecule has 1 aromatic heterocycles. The Labute approximate surface area is 96.4 Å². The van der Waals surface area contributed by atoms with Gasteiger partial charge in [0.2, 0.25) is 0 Å². The lowest BCUT2D eigenvalue weighted by Crippen LogP contribution is -2.11. The molecule has 0 aliphatic rings. The van der Waals surface area contributed by atoms with E-state index in [-0.39, 0.29) is 10.4 Å². The summed E-state index contributed by atoms with van der Waals surface area (Å²) in [6.07, 6.45) is 0. The SMILES string of the molecule is O=c1[nH]nc(I)c2cc(Cl)cc(F)c12. The molecule has 0 unspecified atom stereocenters. The van der Waals surface area contributed by atoms with Gasteiger partial charge in [-0.15, -0.1) is 0 Å². The fourth-order valence-corrected chi connectivity index (χ4v) is 1.93. The summed E-state index contributed by atoms with van der Waals surface area (Å²) in [5.41, 5.74) is -0.547. The number of nitrogens with one attached hydrogen (secondary N) is 1. The standard InChI is InChI=1S/C8H3ClFIN2O/c9-3-1-4-6(5(10)2-3)8(14)13-12-7(4)11/h1-2H,(H,13,14). The molecule has 0 radical (unpaired) electrons. The second-order valence-electron chi connectivity index (χ2n) is 2.65. The van der Waals surface area contributed by atoms with Gasteiger partial charge in [-0.2, -0.15) is 5.10 Å². The monoisotopic (exact) mass is 324 g/mol. The minimum absolute atomic E-state index is 0.00574. The van der Waals surface area contributed by atoms with Gasteiger partial charge in [0, 0.05) is 10.4 Å². The second kappa shape index (κ2) is 3.47. The third-order valence-corrected chi connectivity index (χ3v) is 2.80. The Morgan fingerprint density at radius 3 is 2.93 bits per heavy atom. The van der Waals surface area contributed by atoms with Crippen LogP contribution < -0.4 is 5.56 Å². The van der Waals surface area contributed by atoms with Crippen molar-refractivity contribution in [3.05, 3.63) is 37.0 Å². The first-order chi connectivity index (χ1) is 6.59. The van der Waals surface area contributed by atoms with Crippen molar-refractivity contribution in [2.24, 2.45) is 0 Å². The zero-order valence-electron chi connectivity index (χ0n) is 6.64. The molecule has 2 rings (SSSR count). The van der Waals surface area contributed by atoms with Crippen molar-refractivity contribution in [2.45, 2.75) is 0 Å². The number of aromatic nitrogens is 2. The van der Waals surface area contributed by atoms with Crippen LogP contribution in [0.2, 0.25) is 5.02 Å². The van der Waals surface area contributed by atoms with Crippen LogP contribution in [-0.4, -0.2) is 10.2 Å². The lowest BCUT2D eigenvalue weighted by Gasteiger charge is -2.00. The van der Waals surface area contributed by atoms with Crippen LogP contribution in [0.1, 0.15) is 0 Å². The van der Waals surface area contributed by atoms with Crippen molar-refractivity contribution in [1.82, 2.24) is 10.2 Å². The molecule has 0 saturated carbocycles. The molecule has 1 aromatic carbocycles. The first-order valence-corrected chi connectivity index (χ1v) is 5.08. The van der Waals surface area contributed by atoms with Crippen LogP contribution in [0.25, 0.3) is 10.8 Å². The maximum absolute atomic E-state index is 13.4. The molecular weight excluding hydrogens is 321 g/mol. The van der Waals surface area contributed by atoms with Gasteiger partial charge in [0.1, 0.15) is 9.52 Å². The minimum atomic E-state index is -0.630. The zero-order chi connectivity index (χ0) is 10.3. The average Bonchev–Trinajstić information content (AvgIpc) is 2.10. The molecule has 0 aliphatic carbocycles. The molecule has 0 fully saturated rings. The first kappa shape index (κ1) is 9.85. The summed E-state index contributed by atoms with van der Waals surface area (Å²) in [5, 5.41) is 6.59. The van der Waals surface area contributed by atoms with Crippen LogP contribution in [0.4, 0.5) is 4.39 Å². The molecule has 0 saturated heterocycles. The number of aromatic amines is 1. The highest BCUT2D eigenvalue weighted by Crippen LogP contribution is 2.22. The van der Waals surface area contributed by atoms with Crippen molar-refractivity contribution in [3.63, 3.8) is 0 Å². The molecule has 0 spiro atoms. The highest BCUT2D eigenvalue weighted by Gasteiger charge is 2.10. The Bertz CT molecular complexity index is 569. The lowest BCUT2D eigenvalue weighted by atomic mass is 10.2. The van der Waals surface area contributed by atoms with E-state index in [1.165, 1.54) is 6.07 Å². The number of nitrogens with zero attached hydrogens (tertiary/aromatic N) is 1. The Kier molecular flexibility index (Phi) is 2.44.